The summed E-state index contributed by atoms with van der Waals surface area (Å²) in [6, 6.07) is 0. The number of Topliss-reactive ketones (excluding diaryl/α,β-unsaturated/α-hetero) is 1. The van der Waals surface area contributed by atoms with Gasteiger partial charge in [-0.15, -0.1) is 0 Å². The fraction of sp³-hybridized carbons (Fsp3) is 0.680. The van der Waals surface area contributed by atoms with Gasteiger partial charge in [0.1, 0.15) is 42.0 Å². The number of nitrogens with two attached hydrogens (primary N) is 1. The number of carbonyl (C=O) groups excluding carboxylic acids is 3. The van der Waals surface area contributed by atoms with Crippen molar-refractivity contribution in [3.05, 3.63) is 12.7 Å². The van der Waals surface area contributed by atoms with Crippen molar-refractivity contribution < 1.29 is 84.7 Å². The maximum Gasteiger partial charge on any atom is 0.481 e. The summed E-state index contributed by atoms with van der Waals surface area (Å²) in [5.41, 5.74) is 4.22. The number of phosphoric acid groups is 3. The predicted octanol–water partition coefficient (Wildman–Crippen LogP) is -1.87. The lowest BCUT2D eigenvalue weighted by atomic mass is 9.87. The topological polar surface area (TPSA) is 381 Å². The van der Waals surface area contributed by atoms with Crippen LogP contribution in [0.4, 0.5) is 5.82 Å². The zero-order valence-corrected chi connectivity index (χ0v) is 32.4. The number of nitrogens with zero attached hydrogens (tertiary/aromatic N) is 4. The van der Waals surface area contributed by atoms with Crippen LogP contribution in [0.3, 0.4) is 0 Å². The van der Waals surface area contributed by atoms with Gasteiger partial charge in [0.05, 0.1) is 19.5 Å². The summed E-state index contributed by atoms with van der Waals surface area (Å²) in [6.45, 7) is 1.63. The first-order chi connectivity index (χ1) is 24.9. The molecule has 25 nitrogen and oxygen atoms in total. The Morgan fingerprint density at radius 2 is 1.70 bits per heavy atom. The highest BCUT2D eigenvalue weighted by Gasteiger charge is 2.50. The number of aromatic nitrogens is 4. The van der Waals surface area contributed by atoms with Gasteiger partial charge in [0, 0.05) is 53.7 Å². The Morgan fingerprint density at radius 3 is 2.35 bits per heavy atom. The number of rotatable bonds is 22. The van der Waals surface area contributed by atoms with Crippen LogP contribution in [0.1, 0.15) is 39.8 Å². The van der Waals surface area contributed by atoms with E-state index in [9.17, 15) is 62.1 Å². The Hall–Kier alpha value is -2.64. The molecule has 3 unspecified atom stereocenters. The molecule has 1 fully saturated rings. The average Bonchev–Trinajstić information content (AvgIpc) is 3.61. The molecule has 0 bridgehead atoms. The van der Waals surface area contributed by atoms with E-state index < -0.39 is 95.4 Å². The first-order valence-corrected chi connectivity index (χ1v) is 21.7. The maximum absolute atomic E-state index is 12.6. The molecule has 10 N–H and O–H groups in total. The molecule has 1 saturated heterocycles. The quantitative estimate of drug-likeness (QED) is 0.0586. The fourth-order valence-electron chi connectivity index (χ4n) is 4.60. The molecular formula is C25H42N7O18P3S. The van der Waals surface area contributed by atoms with Gasteiger partial charge in [-0.25, -0.2) is 28.6 Å². The third-order valence-corrected chi connectivity index (χ3v) is 11.8. The van der Waals surface area contributed by atoms with Crippen LogP contribution in [0.25, 0.3) is 11.2 Å². The Bertz CT molecular complexity index is 1830. The van der Waals surface area contributed by atoms with Gasteiger partial charge in [-0.05, 0) is 6.92 Å². The van der Waals surface area contributed by atoms with Gasteiger partial charge in [-0.3, -0.25) is 36.7 Å². The van der Waals surface area contributed by atoms with E-state index in [-0.39, 0.29) is 60.2 Å². The van der Waals surface area contributed by atoms with E-state index in [0.29, 0.717) is 0 Å². The van der Waals surface area contributed by atoms with Crippen molar-refractivity contribution in [1.29, 1.82) is 0 Å². The lowest BCUT2D eigenvalue weighted by Gasteiger charge is -2.30. The minimum absolute atomic E-state index is 0.0247. The molecule has 1 aliphatic rings. The number of hydrogen-bond acceptors (Lipinski definition) is 18. The highest BCUT2D eigenvalue weighted by atomic mass is 32.2. The summed E-state index contributed by atoms with van der Waals surface area (Å²) < 4.78 is 73.7. The first kappa shape index (κ1) is 45.7. The van der Waals surface area contributed by atoms with Crippen LogP contribution in [0.5, 0.6) is 0 Å². The number of ketones is 1. The minimum Gasteiger partial charge on any atom is -0.386 e. The van der Waals surface area contributed by atoms with Crippen LogP contribution >= 0.6 is 23.5 Å². The summed E-state index contributed by atoms with van der Waals surface area (Å²) in [5.74, 6) is -1.36. The lowest BCUT2D eigenvalue weighted by molar-refractivity contribution is -0.137. The maximum atomic E-state index is 12.6. The number of ether oxygens (including phenoxy) is 1. The number of amides is 2. The molecule has 3 rings (SSSR count). The number of nitrogens with one attached hydrogen (secondary N) is 2. The van der Waals surface area contributed by atoms with Gasteiger partial charge < -0.3 is 50.9 Å². The van der Waals surface area contributed by atoms with Crippen molar-refractivity contribution in [2.45, 2.75) is 64.3 Å². The molecule has 29 heteroatoms. The van der Waals surface area contributed by atoms with Crippen LogP contribution in [0.2, 0.25) is 0 Å². The van der Waals surface area contributed by atoms with Crippen molar-refractivity contribution in [3.8, 4) is 0 Å². The van der Waals surface area contributed by atoms with E-state index in [1.165, 1.54) is 20.8 Å². The first-order valence-electron chi connectivity index (χ1n) is 15.6. The van der Waals surface area contributed by atoms with E-state index in [1.807, 2.05) is 0 Å². The van der Waals surface area contributed by atoms with Crippen LogP contribution < -0.4 is 16.4 Å². The SMILES string of the molecule is CC(=O)CCS(=O)CCNC(=O)CCNC(=O)[C@H](O)C(C)(C)COP(=O)(O)OP(=O)(O)OC[C@H]1O[C@@H](n2cnc3c(N)ncnc32)[C@H](O)[C@@H]1OP(=O)(O)O. The van der Waals surface area contributed by atoms with Gasteiger partial charge >= 0.3 is 23.5 Å². The average molecular weight is 854 g/mol. The number of phosphoric ester groups is 3. The van der Waals surface area contributed by atoms with Crippen molar-refractivity contribution >= 4 is 68.8 Å². The molecule has 0 saturated carbocycles. The molecule has 0 aromatic carbocycles. The highest BCUT2D eigenvalue weighted by Crippen LogP contribution is 2.61. The monoisotopic (exact) mass is 853 g/mol. The molecule has 1 aliphatic heterocycles. The Morgan fingerprint density at radius 1 is 1.04 bits per heavy atom. The zero-order chi connectivity index (χ0) is 40.6. The number of aliphatic hydroxyl groups is 2. The summed E-state index contributed by atoms with van der Waals surface area (Å²) in [6.07, 6.45) is -6.86. The molecule has 0 aliphatic carbocycles. The van der Waals surface area contributed by atoms with Crippen LogP contribution in [0, 0.1) is 5.41 Å². The summed E-state index contributed by atoms with van der Waals surface area (Å²) >= 11 is 0. The molecule has 306 valence electrons. The van der Waals surface area contributed by atoms with E-state index in [4.69, 9.17) is 19.5 Å². The Kier molecular flexibility index (Phi) is 16.1. The number of carbonyl (C=O) groups is 3. The third kappa shape index (κ3) is 13.8. The number of anilines is 1. The molecular weight excluding hydrogens is 811 g/mol. The van der Waals surface area contributed by atoms with Crippen molar-refractivity contribution in [2.24, 2.45) is 5.41 Å². The molecule has 2 amide bonds. The normalized spacial score (nSPS) is 22.6. The number of aliphatic hydroxyl groups excluding tert-OH is 2. The van der Waals surface area contributed by atoms with E-state index in [2.05, 4.69) is 34.4 Å². The number of hydrogen-bond donors (Lipinski definition) is 9. The summed E-state index contributed by atoms with van der Waals surface area (Å²) in [4.78, 5) is 86.3. The lowest BCUT2D eigenvalue weighted by Crippen LogP contribution is -2.46. The smallest absolute Gasteiger partial charge is 0.386 e. The fourth-order valence-corrected chi connectivity index (χ4v) is 8.48. The third-order valence-electron chi connectivity index (χ3n) is 7.41. The van der Waals surface area contributed by atoms with Gasteiger partial charge in [-0.2, -0.15) is 4.31 Å². The van der Waals surface area contributed by atoms with Gasteiger partial charge in [-0.1, -0.05) is 13.8 Å². The standard InChI is InChI=1S/C25H42N7O18P3S/c1-14(33)5-8-54(45)9-7-27-16(34)4-6-28-23(37)20(36)25(2,3)11-47-53(43,44)50-52(41,42)46-10-15-19(49-51(38,39)40)18(35)24(48-15)32-13-31-17-21(26)29-12-30-22(17)32/h12-13,15,18-20,24,35-36H,4-11H2,1-3H3,(H,27,34)(H,28,37)(H,41,42)(H,43,44)(H2,26,29,30)(H2,38,39,40)/t15-,18-,19-,20+,24-,54?/m1/s1. The number of nitrogen functional groups attached to an aromatic ring is 1. The second-order valence-corrected chi connectivity index (χ2v) is 18.3. The van der Waals surface area contributed by atoms with Crippen molar-refractivity contribution in [3.63, 3.8) is 0 Å². The predicted molar refractivity (Wildman–Crippen MR) is 183 cm³/mol. The zero-order valence-electron chi connectivity index (χ0n) is 28.9. The summed E-state index contributed by atoms with van der Waals surface area (Å²) in [7, 11) is -17.7. The molecule has 0 radical (unpaired) electrons. The van der Waals surface area contributed by atoms with Crippen LogP contribution in [-0.4, -0.2) is 133 Å². The highest BCUT2D eigenvalue weighted by molar-refractivity contribution is 7.85. The molecule has 2 aromatic heterocycles. The second-order valence-electron chi connectivity index (χ2n) is 12.4. The molecule has 8 atom stereocenters. The molecule has 54 heavy (non-hydrogen) atoms. The van der Waals surface area contributed by atoms with Crippen molar-refractivity contribution in [1.82, 2.24) is 30.2 Å². The van der Waals surface area contributed by atoms with E-state index in [0.717, 1.165) is 17.2 Å². The molecule has 0 spiro atoms. The van der Waals surface area contributed by atoms with Gasteiger partial charge in [0.15, 0.2) is 17.7 Å². The van der Waals surface area contributed by atoms with Gasteiger partial charge in [0.2, 0.25) is 11.8 Å². The largest absolute Gasteiger partial charge is 0.481 e. The van der Waals surface area contributed by atoms with Crippen molar-refractivity contribution in [2.75, 3.05) is 43.5 Å². The molecule has 3 heterocycles. The molecule has 2 aromatic rings. The van der Waals surface area contributed by atoms with E-state index >= 15 is 0 Å². The van der Waals surface area contributed by atoms with Gasteiger partial charge in [0.25, 0.3) is 0 Å². The van der Waals surface area contributed by atoms with Crippen LogP contribution in [-0.2, 0) is 61.5 Å². The summed E-state index contributed by atoms with van der Waals surface area (Å²) in [5, 5.41) is 26.2. The number of fused-ring (bicyclic) bond motifs is 1. The van der Waals surface area contributed by atoms with E-state index in [1.54, 1.807) is 0 Å². The Labute approximate surface area is 309 Å². The van der Waals surface area contributed by atoms with Crippen LogP contribution in [0.15, 0.2) is 12.7 Å². The Balaban J connectivity index is 1.51. The minimum atomic E-state index is -5.58. The second kappa shape index (κ2) is 19.0. The number of imidazole rings is 1.